The molecule has 2 fully saturated rings. The highest BCUT2D eigenvalue weighted by Crippen LogP contribution is 2.39. The molecule has 406 valence electrons. The minimum atomic E-state index is -0.0479. The van der Waals surface area contributed by atoms with Crippen molar-refractivity contribution in [2.24, 2.45) is 69.5 Å². The Bertz CT molecular complexity index is 1900. The van der Waals surface area contributed by atoms with Gasteiger partial charge in [0.25, 0.3) is 0 Å². The molecule has 0 spiro atoms. The zero-order valence-electron chi connectivity index (χ0n) is 49.0. The second kappa shape index (κ2) is 38.7. The number of unbranched alkanes of at least 4 members (excludes halogenated alkanes) is 1. The molecule has 0 aromatic rings. The molecule has 0 N–H and O–H groups in total. The lowest BCUT2D eigenvalue weighted by molar-refractivity contribution is -0.121. The molecular formula is C68H108N4O. The summed E-state index contributed by atoms with van der Waals surface area (Å²) in [5.41, 5.74) is 7.34. The van der Waals surface area contributed by atoms with Crippen molar-refractivity contribution in [1.82, 2.24) is 9.91 Å². The minimum absolute atomic E-state index is 0.0104. The van der Waals surface area contributed by atoms with Crippen LogP contribution in [0.5, 0.6) is 0 Å². The van der Waals surface area contributed by atoms with Crippen LogP contribution < -0.4 is 0 Å². The Labute approximate surface area is 452 Å². The lowest BCUT2D eigenvalue weighted by Gasteiger charge is -2.41. The van der Waals surface area contributed by atoms with Gasteiger partial charge in [-0.1, -0.05) is 177 Å². The van der Waals surface area contributed by atoms with Crippen LogP contribution in [-0.2, 0) is 4.79 Å². The third kappa shape index (κ3) is 24.4. The van der Waals surface area contributed by atoms with Crippen LogP contribution in [0, 0.1) is 97.2 Å². The summed E-state index contributed by atoms with van der Waals surface area (Å²) in [6.45, 7) is 47.8. The first-order valence-corrected chi connectivity index (χ1v) is 28.4. The number of carbonyl (C=O) groups is 1. The van der Waals surface area contributed by atoms with Crippen LogP contribution in [-0.4, -0.2) is 41.4 Å². The van der Waals surface area contributed by atoms with Crippen LogP contribution in [0.15, 0.2) is 119 Å². The van der Waals surface area contributed by atoms with E-state index in [1.807, 2.05) is 11.2 Å². The van der Waals surface area contributed by atoms with Gasteiger partial charge in [-0.3, -0.25) is 9.80 Å². The molecule has 0 bridgehead atoms. The number of allylic oxidation sites excluding steroid dienone is 10. The molecule has 73 heavy (non-hydrogen) atoms. The summed E-state index contributed by atoms with van der Waals surface area (Å²) >= 11 is 0. The Morgan fingerprint density at radius 1 is 0.863 bits per heavy atom. The number of rotatable bonds is 33. The molecule has 2 rings (SSSR count). The van der Waals surface area contributed by atoms with Gasteiger partial charge in [0.05, 0.1) is 13.1 Å². The highest BCUT2D eigenvalue weighted by Gasteiger charge is 2.34. The molecule has 1 heterocycles. The van der Waals surface area contributed by atoms with Gasteiger partial charge < -0.3 is 4.90 Å². The van der Waals surface area contributed by atoms with Gasteiger partial charge in [-0.15, -0.1) is 32.1 Å². The molecule has 1 saturated heterocycles. The molecule has 0 aromatic heterocycles. The molecule has 0 aromatic carbocycles. The number of nitrogens with zero attached hydrogens (tertiary/aromatic N) is 4. The van der Waals surface area contributed by atoms with E-state index in [1.54, 1.807) is 7.05 Å². The van der Waals surface area contributed by atoms with Crippen molar-refractivity contribution in [3.05, 3.63) is 109 Å². The van der Waals surface area contributed by atoms with E-state index in [-0.39, 0.29) is 11.8 Å². The van der Waals surface area contributed by atoms with Gasteiger partial charge in [-0.25, -0.2) is 0 Å². The van der Waals surface area contributed by atoms with E-state index in [2.05, 4.69) is 192 Å². The number of terminal acetylenes is 3. The van der Waals surface area contributed by atoms with Crippen molar-refractivity contribution < 1.29 is 4.79 Å². The largest absolute Gasteiger partial charge is 0.365 e. The summed E-state index contributed by atoms with van der Waals surface area (Å²) in [6.07, 6.45) is 57.5. The Kier molecular flexibility index (Phi) is 36.2. The van der Waals surface area contributed by atoms with Gasteiger partial charge in [0, 0.05) is 42.7 Å². The Hall–Kier alpha value is -4.79. The summed E-state index contributed by atoms with van der Waals surface area (Å²) in [7, 11) is 1.72. The smallest absolute Gasteiger partial charge is 0.139 e. The Morgan fingerprint density at radius 2 is 1.52 bits per heavy atom. The second-order valence-corrected chi connectivity index (χ2v) is 22.1. The summed E-state index contributed by atoms with van der Waals surface area (Å²) < 4.78 is 0. The number of hydrogen-bond acceptors (Lipinski definition) is 4. The Morgan fingerprint density at radius 3 is 2.11 bits per heavy atom. The van der Waals surface area contributed by atoms with Gasteiger partial charge in [-0.2, -0.15) is 5.11 Å². The minimum Gasteiger partial charge on any atom is -0.365 e. The third-order valence-electron chi connectivity index (χ3n) is 16.4. The predicted octanol–water partition coefficient (Wildman–Crippen LogP) is 18.7. The van der Waals surface area contributed by atoms with E-state index >= 15 is 0 Å². The van der Waals surface area contributed by atoms with Crippen molar-refractivity contribution in [1.29, 1.82) is 0 Å². The molecule has 0 amide bonds. The van der Waals surface area contributed by atoms with E-state index in [9.17, 15) is 4.79 Å². The van der Waals surface area contributed by atoms with Gasteiger partial charge in [0.2, 0.25) is 0 Å². The highest BCUT2D eigenvalue weighted by atomic mass is 16.1. The van der Waals surface area contributed by atoms with Crippen LogP contribution in [0.2, 0.25) is 0 Å². The van der Waals surface area contributed by atoms with Crippen LogP contribution in [0.1, 0.15) is 192 Å². The number of likely N-dealkylation sites (tertiary alicyclic amines) is 1. The van der Waals surface area contributed by atoms with Gasteiger partial charge in [0.1, 0.15) is 5.78 Å². The molecular weight excluding hydrogens is 889 g/mol. The first-order valence-electron chi connectivity index (χ1n) is 28.4. The van der Waals surface area contributed by atoms with Gasteiger partial charge >= 0.3 is 0 Å². The molecule has 8 unspecified atom stereocenters. The zero-order valence-corrected chi connectivity index (χ0v) is 49.0. The molecule has 12 atom stereocenters. The highest BCUT2D eigenvalue weighted by molar-refractivity contribution is 5.82. The van der Waals surface area contributed by atoms with Crippen molar-refractivity contribution >= 4 is 5.78 Å². The summed E-state index contributed by atoms with van der Waals surface area (Å²) in [6, 6.07) is 0.731. The number of ketones is 1. The Balaban J connectivity index is 0.0000126. The fraction of sp³-hybridized carbons (Fsp3) is 0.632. The lowest BCUT2D eigenvalue weighted by atomic mass is 9.73. The van der Waals surface area contributed by atoms with E-state index in [0.717, 1.165) is 75.6 Å². The van der Waals surface area contributed by atoms with E-state index in [0.29, 0.717) is 71.6 Å². The quantitative estimate of drug-likeness (QED) is 0.0164. The third-order valence-corrected chi connectivity index (χ3v) is 16.4. The van der Waals surface area contributed by atoms with E-state index in [1.165, 1.54) is 73.7 Å². The first-order chi connectivity index (χ1) is 34.9. The zero-order chi connectivity index (χ0) is 55.6. The predicted molar refractivity (Wildman–Crippen MR) is 322 cm³/mol. The van der Waals surface area contributed by atoms with Crippen LogP contribution in [0.4, 0.5) is 0 Å². The maximum Gasteiger partial charge on any atom is 0.139 e. The average molecular weight is 998 g/mol. The first kappa shape index (κ1) is 68.2. The van der Waals surface area contributed by atoms with Crippen molar-refractivity contribution in [3.63, 3.8) is 0 Å². The summed E-state index contributed by atoms with van der Waals surface area (Å²) in [5, 5.41) is 10.3. The van der Waals surface area contributed by atoms with Crippen molar-refractivity contribution in [2.75, 3.05) is 13.6 Å². The lowest BCUT2D eigenvalue weighted by Crippen LogP contribution is -2.40. The molecule has 0 radical (unpaired) electrons. The average Bonchev–Trinajstić information content (AvgIpc) is 3.39. The van der Waals surface area contributed by atoms with Crippen LogP contribution in [0.25, 0.3) is 0 Å². The van der Waals surface area contributed by atoms with Gasteiger partial charge in [0.15, 0.2) is 0 Å². The maximum absolute atomic E-state index is 13.4. The topological polar surface area (TPSA) is 48.3 Å². The molecule has 1 aliphatic heterocycles. The normalized spacial score (nSPS) is 21.7. The SMILES string of the molecule is C#C.C#C.C#CC(C(=C)C(=C)N1CCCCC1C(=C)C)C(C)CCCC[C@H](CC)/C(C)=C/C=C/C=C/[C@@H](C)CC(C)C(=C)C(CC)C/C(C)=C/[C@@H](C)C(=O)CC[C@H](C)CC1CCC(N(C=C)N=NC)C(CC)C1. The maximum atomic E-state index is 13.4. The van der Waals surface area contributed by atoms with Crippen molar-refractivity contribution in [2.45, 2.75) is 204 Å². The molecule has 1 aliphatic carbocycles. The number of piperidine rings is 1. The summed E-state index contributed by atoms with van der Waals surface area (Å²) in [5.74, 6) is 7.55. The van der Waals surface area contributed by atoms with Crippen LogP contribution >= 0.6 is 0 Å². The number of Topliss-reactive ketones (excluding diaryl/α,β-unsaturated/α-hetero) is 1. The molecule has 1 saturated carbocycles. The molecule has 5 heteroatoms. The second-order valence-electron chi connectivity index (χ2n) is 22.1. The fourth-order valence-corrected chi connectivity index (χ4v) is 11.9. The number of hydrogen-bond donors (Lipinski definition) is 0. The van der Waals surface area contributed by atoms with Crippen LogP contribution in [0.3, 0.4) is 0 Å². The standard InChI is InChI=1S/C64H104N4O.2C2H2/c1-19-58(34-28-27-33-51(12)61(22-4)55(16)56(17)67-40-30-29-35-62(67)46(6)7)50(11)32-26-24-25-31-47(8)41-52(13)54(15)59(20-2)44-49(10)42-53(14)64(69)39-36-48(9)43-57-37-38-63(60(21-3)45-57)68(23-5)66-65-18;2*1-2/h4,23-26,31-32,42,47-48,51-53,57-63H,5-6,15-17,19-21,27-30,33-41,43-45H2,1-3,7-14,18H3;2*1-2H/b26-24+,31-25+,49-42+,50-32+,66-65?;;/t47-,48+,51?,52?,53-,57?,58+,59?,60?,61?,62?,63?;;/m1../s1. The van der Waals surface area contributed by atoms with E-state index < -0.39 is 0 Å². The summed E-state index contributed by atoms with van der Waals surface area (Å²) in [4.78, 5) is 15.8. The fourth-order valence-electron chi connectivity index (χ4n) is 11.9. The van der Waals surface area contributed by atoms with E-state index in [4.69, 9.17) is 6.42 Å². The monoisotopic (exact) mass is 997 g/mol. The van der Waals surface area contributed by atoms with Crippen molar-refractivity contribution in [3.8, 4) is 38.0 Å². The molecule has 5 nitrogen and oxygen atoms in total. The molecule has 2 aliphatic rings. The number of carbonyl (C=O) groups excluding carboxylic acids is 1. The van der Waals surface area contributed by atoms with Gasteiger partial charge in [-0.05, 0) is 164 Å².